The van der Waals surface area contributed by atoms with E-state index >= 15 is 0 Å². The fraction of sp³-hybridized carbons (Fsp3) is 0.208. The molecule has 1 amide bonds. The minimum atomic E-state index is -0.664. The molecule has 0 atom stereocenters. The van der Waals surface area contributed by atoms with E-state index in [2.05, 4.69) is 15.5 Å². The molecule has 0 spiro atoms. The molecule has 1 N–H and O–H groups in total. The zero-order chi connectivity index (χ0) is 21.4. The SMILES string of the molecule is COc1ccc(-c2cc(C3(C(=O)Nc4ccc5ncccc5c4)CC3)no2)cc1OC. The maximum Gasteiger partial charge on any atom is 0.236 e. The smallest absolute Gasteiger partial charge is 0.236 e. The van der Waals surface area contributed by atoms with Crippen molar-refractivity contribution in [3.8, 4) is 22.8 Å². The monoisotopic (exact) mass is 415 g/mol. The quantitative estimate of drug-likeness (QED) is 0.496. The highest BCUT2D eigenvalue weighted by Crippen LogP contribution is 2.49. The fourth-order valence-corrected chi connectivity index (χ4v) is 3.75. The molecule has 5 rings (SSSR count). The van der Waals surface area contributed by atoms with Crippen LogP contribution in [0.15, 0.2) is 65.3 Å². The Bertz CT molecular complexity index is 1280. The van der Waals surface area contributed by atoms with Gasteiger partial charge in [-0.1, -0.05) is 11.2 Å². The van der Waals surface area contributed by atoms with Crippen LogP contribution in [0.25, 0.3) is 22.2 Å². The summed E-state index contributed by atoms with van der Waals surface area (Å²) < 4.78 is 16.2. The van der Waals surface area contributed by atoms with Gasteiger partial charge in [0.15, 0.2) is 17.3 Å². The first-order valence-corrected chi connectivity index (χ1v) is 9.99. The highest BCUT2D eigenvalue weighted by molar-refractivity contribution is 6.02. The number of rotatable bonds is 6. The van der Waals surface area contributed by atoms with Crippen molar-refractivity contribution in [1.82, 2.24) is 10.1 Å². The number of carbonyl (C=O) groups is 1. The number of hydrogen-bond donors (Lipinski definition) is 1. The summed E-state index contributed by atoms with van der Waals surface area (Å²) in [5.74, 6) is 1.73. The van der Waals surface area contributed by atoms with Gasteiger partial charge >= 0.3 is 0 Å². The third-order valence-electron chi connectivity index (χ3n) is 5.71. The van der Waals surface area contributed by atoms with Crippen molar-refractivity contribution < 1.29 is 18.8 Å². The number of pyridine rings is 1. The number of anilines is 1. The molecule has 1 saturated carbocycles. The van der Waals surface area contributed by atoms with E-state index in [1.165, 1.54) is 0 Å². The van der Waals surface area contributed by atoms with Gasteiger partial charge in [-0.05, 0) is 55.3 Å². The molecule has 0 saturated heterocycles. The number of carbonyl (C=O) groups excluding carboxylic acids is 1. The third kappa shape index (κ3) is 3.38. The molecule has 0 aliphatic heterocycles. The van der Waals surface area contributed by atoms with Crippen molar-refractivity contribution in [2.75, 3.05) is 19.5 Å². The van der Waals surface area contributed by atoms with Crippen LogP contribution in [0.5, 0.6) is 11.5 Å². The lowest BCUT2D eigenvalue weighted by molar-refractivity contribution is -0.118. The number of nitrogens with one attached hydrogen (secondary N) is 1. The Labute approximate surface area is 179 Å². The Kier molecular flexibility index (Phi) is 4.58. The van der Waals surface area contributed by atoms with E-state index in [0.717, 1.165) is 35.0 Å². The van der Waals surface area contributed by atoms with Crippen LogP contribution in [0, 0.1) is 0 Å². The lowest BCUT2D eigenvalue weighted by Gasteiger charge is -2.13. The molecule has 2 aromatic carbocycles. The highest BCUT2D eigenvalue weighted by Gasteiger charge is 2.53. The molecule has 0 bridgehead atoms. The number of hydrogen-bond acceptors (Lipinski definition) is 6. The molecular weight excluding hydrogens is 394 g/mol. The molecule has 156 valence electrons. The minimum Gasteiger partial charge on any atom is -0.493 e. The summed E-state index contributed by atoms with van der Waals surface area (Å²) >= 11 is 0. The Morgan fingerprint density at radius 1 is 1.03 bits per heavy atom. The Hall–Kier alpha value is -3.87. The van der Waals surface area contributed by atoms with Gasteiger partial charge in [-0.15, -0.1) is 0 Å². The topological polar surface area (TPSA) is 86.5 Å². The van der Waals surface area contributed by atoms with Crippen molar-refractivity contribution in [2.45, 2.75) is 18.3 Å². The normalized spacial score (nSPS) is 14.3. The molecule has 1 aliphatic rings. The number of benzene rings is 2. The maximum atomic E-state index is 13.1. The molecule has 2 aromatic heterocycles. The van der Waals surface area contributed by atoms with Crippen LogP contribution in [0.3, 0.4) is 0 Å². The second kappa shape index (κ2) is 7.43. The fourth-order valence-electron chi connectivity index (χ4n) is 3.75. The molecule has 7 heteroatoms. The summed E-state index contributed by atoms with van der Waals surface area (Å²) in [5, 5.41) is 8.23. The number of amides is 1. The van der Waals surface area contributed by atoms with E-state index in [1.54, 1.807) is 20.4 Å². The number of ether oxygens (including phenoxy) is 2. The Balaban J connectivity index is 1.39. The summed E-state index contributed by atoms with van der Waals surface area (Å²) in [6, 6.07) is 16.9. The van der Waals surface area contributed by atoms with Gasteiger partial charge in [-0.3, -0.25) is 9.78 Å². The van der Waals surface area contributed by atoms with Crippen molar-refractivity contribution in [1.29, 1.82) is 0 Å². The van der Waals surface area contributed by atoms with Crippen molar-refractivity contribution in [3.05, 3.63) is 66.5 Å². The van der Waals surface area contributed by atoms with Gasteiger partial charge in [0.25, 0.3) is 0 Å². The molecule has 1 fully saturated rings. The molecule has 2 heterocycles. The third-order valence-corrected chi connectivity index (χ3v) is 5.71. The van der Waals surface area contributed by atoms with Crippen molar-refractivity contribution in [2.24, 2.45) is 0 Å². The van der Waals surface area contributed by atoms with Crippen LogP contribution in [0.2, 0.25) is 0 Å². The Morgan fingerprint density at radius 2 is 1.87 bits per heavy atom. The molecule has 0 unspecified atom stereocenters. The van der Waals surface area contributed by atoms with Gasteiger partial charge in [-0.25, -0.2) is 0 Å². The standard InChI is InChI=1S/C24H21N3O4/c1-29-19-8-5-16(13-21(19)30-2)20-14-22(27-31-20)24(9-10-24)23(28)26-17-6-7-18-15(12-17)4-3-11-25-18/h3-8,11-14H,9-10H2,1-2H3,(H,26,28). The van der Waals surface area contributed by atoms with Gasteiger partial charge in [0.05, 0.1) is 30.8 Å². The van der Waals surface area contributed by atoms with Gasteiger partial charge < -0.3 is 19.3 Å². The average Bonchev–Trinajstić information content (AvgIpc) is 3.48. The first-order valence-electron chi connectivity index (χ1n) is 9.99. The predicted molar refractivity (Wildman–Crippen MR) is 116 cm³/mol. The lowest BCUT2D eigenvalue weighted by atomic mass is 10.00. The zero-order valence-corrected chi connectivity index (χ0v) is 17.2. The summed E-state index contributed by atoms with van der Waals surface area (Å²) in [4.78, 5) is 17.4. The summed E-state index contributed by atoms with van der Waals surface area (Å²) in [5.41, 5.74) is 2.40. The largest absolute Gasteiger partial charge is 0.493 e. The van der Waals surface area contributed by atoms with E-state index in [0.29, 0.717) is 23.0 Å². The molecular formula is C24H21N3O4. The van der Waals surface area contributed by atoms with Crippen LogP contribution < -0.4 is 14.8 Å². The lowest BCUT2D eigenvalue weighted by Crippen LogP contribution is -2.28. The highest BCUT2D eigenvalue weighted by atomic mass is 16.5. The molecule has 4 aromatic rings. The van der Waals surface area contributed by atoms with Crippen LogP contribution in [0.4, 0.5) is 5.69 Å². The average molecular weight is 415 g/mol. The minimum absolute atomic E-state index is 0.0806. The van der Waals surface area contributed by atoms with E-state index in [-0.39, 0.29) is 5.91 Å². The van der Waals surface area contributed by atoms with E-state index in [1.807, 2.05) is 54.6 Å². The van der Waals surface area contributed by atoms with Crippen LogP contribution in [-0.2, 0) is 10.2 Å². The van der Waals surface area contributed by atoms with Gasteiger partial charge in [0.2, 0.25) is 5.91 Å². The summed E-state index contributed by atoms with van der Waals surface area (Å²) in [7, 11) is 3.17. The Morgan fingerprint density at radius 3 is 2.65 bits per heavy atom. The number of aromatic nitrogens is 2. The van der Waals surface area contributed by atoms with Gasteiger partial charge in [0.1, 0.15) is 0 Å². The van der Waals surface area contributed by atoms with Crippen molar-refractivity contribution in [3.63, 3.8) is 0 Å². The van der Waals surface area contributed by atoms with Crippen LogP contribution in [-0.4, -0.2) is 30.3 Å². The predicted octanol–water partition coefficient (Wildman–Crippen LogP) is 4.58. The maximum absolute atomic E-state index is 13.1. The van der Waals surface area contributed by atoms with E-state index in [4.69, 9.17) is 14.0 Å². The number of methoxy groups -OCH3 is 2. The molecule has 1 aliphatic carbocycles. The van der Waals surface area contributed by atoms with Gasteiger partial charge in [-0.2, -0.15) is 0 Å². The summed E-state index contributed by atoms with van der Waals surface area (Å²) in [6.07, 6.45) is 3.21. The van der Waals surface area contributed by atoms with Crippen LogP contribution in [0.1, 0.15) is 18.5 Å². The molecule has 7 nitrogen and oxygen atoms in total. The van der Waals surface area contributed by atoms with E-state index < -0.39 is 5.41 Å². The second-order valence-electron chi connectivity index (χ2n) is 7.59. The van der Waals surface area contributed by atoms with Crippen LogP contribution >= 0.6 is 0 Å². The van der Waals surface area contributed by atoms with Crippen molar-refractivity contribution >= 4 is 22.5 Å². The molecule has 0 radical (unpaired) electrons. The number of nitrogens with zero attached hydrogens (tertiary/aromatic N) is 2. The number of fused-ring (bicyclic) bond motifs is 1. The summed E-state index contributed by atoms with van der Waals surface area (Å²) in [6.45, 7) is 0. The molecule has 31 heavy (non-hydrogen) atoms. The zero-order valence-electron chi connectivity index (χ0n) is 17.2. The first kappa shape index (κ1) is 19.1. The first-order chi connectivity index (χ1) is 15.1. The van der Waals surface area contributed by atoms with E-state index in [9.17, 15) is 4.79 Å². The van der Waals surface area contributed by atoms with Gasteiger partial charge in [0, 0.05) is 28.9 Å². The second-order valence-corrected chi connectivity index (χ2v) is 7.59.